The van der Waals surface area contributed by atoms with E-state index in [4.69, 9.17) is 9.47 Å². The van der Waals surface area contributed by atoms with Crippen molar-refractivity contribution in [1.82, 2.24) is 0 Å². The molecule has 2 aliphatic heterocycles. The molecule has 0 amide bonds. The molecule has 2 saturated heterocycles. The van der Waals surface area contributed by atoms with Gasteiger partial charge in [0.15, 0.2) is 0 Å². The van der Waals surface area contributed by atoms with Crippen LogP contribution in [0.3, 0.4) is 0 Å². The van der Waals surface area contributed by atoms with Crippen LogP contribution in [0.1, 0.15) is 135 Å². The van der Waals surface area contributed by atoms with Gasteiger partial charge in [0.2, 0.25) is 11.0 Å². The molecule has 3 unspecified atom stereocenters. The fraction of sp³-hybridized carbons (Fsp3) is 0.923. The summed E-state index contributed by atoms with van der Waals surface area (Å²) in [5.74, 6) is -3.00. The van der Waals surface area contributed by atoms with Gasteiger partial charge in [-0.25, -0.2) is 0 Å². The lowest BCUT2D eigenvalue weighted by Crippen LogP contribution is -2.54. The van der Waals surface area contributed by atoms with Gasteiger partial charge in [-0.2, -0.15) is 8.42 Å². The van der Waals surface area contributed by atoms with E-state index >= 15 is 0 Å². The molecule has 0 radical (unpaired) electrons. The smallest absolute Gasteiger partial charge is 0.334 e. The van der Waals surface area contributed by atoms with Crippen LogP contribution in [0.5, 0.6) is 0 Å². The summed E-state index contributed by atoms with van der Waals surface area (Å²) in [4.78, 5) is 26.4. The van der Waals surface area contributed by atoms with E-state index in [1.807, 2.05) is 0 Å². The van der Waals surface area contributed by atoms with E-state index in [2.05, 4.69) is 6.92 Å². The average molecular weight is 503 g/mol. The zero-order valence-electron chi connectivity index (χ0n) is 21.1. The molecule has 34 heavy (non-hydrogen) atoms. The Morgan fingerprint density at radius 1 is 0.794 bits per heavy atom. The normalized spacial score (nSPS) is 27.5. The van der Waals surface area contributed by atoms with Gasteiger partial charge in [0.1, 0.15) is 0 Å². The van der Waals surface area contributed by atoms with E-state index < -0.39 is 39.0 Å². The molecule has 198 valence electrons. The van der Waals surface area contributed by atoms with E-state index in [9.17, 15) is 22.6 Å². The quantitative estimate of drug-likeness (QED) is 0.195. The van der Waals surface area contributed by atoms with Crippen molar-refractivity contribution >= 4 is 22.1 Å². The fourth-order valence-corrected chi connectivity index (χ4v) is 6.60. The van der Waals surface area contributed by atoms with Crippen LogP contribution in [0.25, 0.3) is 0 Å². The number of esters is 2. The van der Waals surface area contributed by atoms with Crippen molar-refractivity contribution in [2.45, 2.75) is 146 Å². The lowest BCUT2D eigenvalue weighted by molar-refractivity contribution is -0.183. The molecule has 0 aromatic heterocycles. The van der Waals surface area contributed by atoms with Gasteiger partial charge >= 0.3 is 11.9 Å². The Hall–Kier alpha value is -1.15. The first kappa shape index (κ1) is 29.1. The summed E-state index contributed by atoms with van der Waals surface area (Å²) in [6.07, 6.45) is 16.0. The third kappa shape index (κ3) is 8.51. The van der Waals surface area contributed by atoms with Crippen molar-refractivity contribution < 1.29 is 32.0 Å². The summed E-state index contributed by atoms with van der Waals surface area (Å²) in [6, 6.07) is 0. The second kappa shape index (κ2) is 15.1. The van der Waals surface area contributed by atoms with Crippen molar-refractivity contribution in [3.8, 4) is 0 Å². The number of fused-ring (bicyclic) bond motifs is 3. The fourth-order valence-electron chi connectivity index (χ4n) is 5.37. The Kier molecular flexibility index (Phi) is 12.9. The van der Waals surface area contributed by atoms with Crippen LogP contribution in [0.15, 0.2) is 0 Å². The SMILES string of the molecule is CCCCCCCCCCCC1C(=O)OC2CCCCCCCCCCC1(S(=O)(=O)O)C(=O)O2. The van der Waals surface area contributed by atoms with Gasteiger partial charge in [-0.05, 0) is 19.3 Å². The van der Waals surface area contributed by atoms with Gasteiger partial charge in [-0.15, -0.1) is 0 Å². The standard InChI is InChI=1S/C26H46O7S/c1-2-3-4-5-6-7-10-13-16-19-22-24(27)32-23-20-17-14-11-8-9-12-15-18-21-26(22,25(28)33-23)34(29,30)31/h22-23H,2-21H2,1H3,(H,29,30,31). The average Bonchev–Trinajstić information content (AvgIpc) is 2.88. The van der Waals surface area contributed by atoms with Crippen LogP contribution in [-0.2, 0) is 29.2 Å². The van der Waals surface area contributed by atoms with Crippen LogP contribution >= 0.6 is 0 Å². The molecule has 2 aliphatic rings. The Bertz CT molecular complexity index is 721. The lowest BCUT2D eigenvalue weighted by atomic mass is 9.82. The highest BCUT2D eigenvalue weighted by molar-refractivity contribution is 7.88. The third-order valence-electron chi connectivity index (χ3n) is 7.47. The Labute approximate surface area is 206 Å². The molecular formula is C26H46O7S. The van der Waals surface area contributed by atoms with E-state index in [1.54, 1.807) is 0 Å². The molecule has 2 heterocycles. The highest BCUT2D eigenvalue weighted by Crippen LogP contribution is 2.41. The third-order valence-corrected chi connectivity index (χ3v) is 9.05. The molecule has 7 nitrogen and oxygen atoms in total. The lowest BCUT2D eigenvalue weighted by Gasteiger charge is -2.32. The van der Waals surface area contributed by atoms with Gasteiger partial charge < -0.3 is 9.47 Å². The van der Waals surface area contributed by atoms with E-state index in [-0.39, 0.29) is 12.8 Å². The van der Waals surface area contributed by atoms with Crippen LogP contribution in [0.2, 0.25) is 0 Å². The summed E-state index contributed by atoms with van der Waals surface area (Å²) >= 11 is 0. The van der Waals surface area contributed by atoms with Crippen molar-refractivity contribution in [3.63, 3.8) is 0 Å². The maximum atomic E-state index is 13.3. The molecule has 0 aliphatic carbocycles. The Morgan fingerprint density at radius 2 is 1.32 bits per heavy atom. The Balaban J connectivity index is 2.12. The number of hydrogen-bond acceptors (Lipinski definition) is 6. The van der Waals surface area contributed by atoms with Crippen molar-refractivity contribution in [2.24, 2.45) is 5.92 Å². The first-order chi connectivity index (χ1) is 16.3. The number of rotatable bonds is 11. The predicted molar refractivity (Wildman–Crippen MR) is 132 cm³/mol. The molecule has 2 rings (SSSR count). The highest BCUT2D eigenvalue weighted by atomic mass is 32.2. The monoisotopic (exact) mass is 502 g/mol. The first-order valence-corrected chi connectivity index (χ1v) is 15.2. The van der Waals surface area contributed by atoms with Gasteiger partial charge in [-0.1, -0.05) is 110 Å². The highest BCUT2D eigenvalue weighted by Gasteiger charge is 2.62. The molecule has 1 N–H and O–H groups in total. The van der Waals surface area contributed by atoms with E-state index in [0.29, 0.717) is 19.3 Å². The van der Waals surface area contributed by atoms with Gasteiger partial charge in [0.25, 0.3) is 10.1 Å². The van der Waals surface area contributed by atoms with Gasteiger partial charge in [0, 0.05) is 6.42 Å². The number of unbranched alkanes of at least 4 members (excludes halogenated alkanes) is 8. The molecular weight excluding hydrogens is 456 g/mol. The minimum atomic E-state index is -4.89. The summed E-state index contributed by atoms with van der Waals surface area (Å²) in [5, 5.41) is 0. The summed E-state index contributed by atoms with van der Waals surface area (Å²) in [6.45, 7) is 2.19. The Morgan fingerprint density at radius 3 is 1.91 bits per heavy atom. The molecule has 0 aromatic carbocycles. The van der Waals surface area contributed by atoms with Gasteiger partial charge in [0.05, 0.1) is 5.92 Å². The maximum absolute atomic E-state index is 13.3. The van der Waals surface area contributed by atoms with Crippen molar-refractivity contribution in [3.05, 3.63) is 0 Å². The second-order valence-electron chi connectivity index (χ2n) is 10.2. The summed E-state index contributed by atoms with van der Waals surface area (Å²) < 4.78 is 44.4. The zero-order valence-corrected chi connectivity index (χ0v) is 21.9. The van der Waals surface area contributed by atoms with Crippen LogP contribution < -0.4 is 0 Å². The number of hydrogen-bond donors (Lipinski definition) is 1. The molecule has 0 aromatic rings. The summed E-state index contributed by atoms with van der Waals surface area (Å²) in [7, 11) is -4.89. The molecule has 3 atom stereocenters. The molecule has 2 fully saturated rings. The molecule has 0 spiro atoms. The van der Waals surface area contributed by atoms with Crippen LogP contribution in [0.4, 0.5) is 0 Å². The van der Waals surface area contributed by atoms with E-state index in [0.717, 1.165) is 64.2 Å². The molecule has 2 bridgehead atoms. The van der Waals surface area contributed by atoms with Crippen molar-refractivity contribution in [2.75, 3.05) is 0 Å². The first-order valence-electron chi connectivity index (χ1n) is 13.7. The molecule has 0 saturated carbocycles. The van der Waals surface area contributed by atoms with Crippen LogP contribution in [-0.4, -0.2) is 35.9 Å². The minimum Gasteiger partial charge on any atom is -0.425 e. The summed E-state index contributed by atoms with van der Waals surface area (Å²) in [5.41, 5.74) is 0. The van der Waals surface area contributed by atoms with E-state index in [1.165, 1.54) is 32.1 Å². The predicted octanol–water partition coefficient (Wildman–Crippen LogP) is 6.49. The number of ether oxygens (including phenoxy) is 2. The van der Waals surface area contributed by atoms with Crippen LogP contribution in [0, 0.1) is 5.92 Å². The number of carbonyl (C=O) groups is 2. The maximum Gasteiger partial charge on any atom is 0.334 e. The topological polar surface area (TPSA) is 107 Å². The second-order valence-corrected chi connectivity index (χ2v) is 11.9. The largest absolute Gasteiger partial charge is 0.425 e. The number of carbonyl (C=O) groups excluding carboxylic acids is 2. The van der Waals surface area contributed by atoms with Crippen molar-refractivity contribution in [1.29, 1.82) is 0 Å². The van der Waals surface area contributed by atoms with Gasteiger partial charge in [-0.3, -0.25) is 14.1 Å². The molecule has 8 heteroatoms. The zero-order chi connectivity index (χ0) is 24.9. The minimum absolute atomic E-state index is 0.116.